The summed E-state index contributed by atoms with van der Waals surface area (Å²) in [6.45, 7) is 4.33. The fourth-order valence-corrected chi connectivity index (χ4v) is 2.10. The van der Waals surface area contributed by atoms with Crippen LogP contribution < -0.4 is 0 Å². The number of aryl methyl sites for hydroxylation is 2. The molecule has 7 nitrogen and oxygen atoms in total. The van der Waals surface area contributed by atoms with Gasteiger partial charge in [-0.05, 0) is 48.7 Å². The summed E-state index contributed by atoms with van der Waals surface area (Å²) in [6.07, 6.45) is 0.851. The first-order valence-electron chi connectivity index (χ1n) is 7.04. The lowest BCUT2D eigenvalue weighted by molar-refractivity contribution is -0.143. The van der Waals surface area contributed by atoms with E-state index < -0.39 is 0 Å². The fraction of sp³-hybridized carbons (Fsp3) is 0.400. The summed E-state index contributed by atoms with van der Waals surface area (Å²) in [5.41, 5.74) is 2.44. The van der Waals surface area contributed by atoms with E-state index in [1.807, 2.05) is 6.07 Å². The van der Waals surface area contributed by atoms with Gasteiger partial charge in [-0.1, -0.05) is 6.07 Å². The second kappa shape index (κ2) is 7.31. The van der Waals surface area contributed by atoms with Gasteiger partial charge < -0.3 is 4.74 Å². The molecule has 22 heavy (non-hydrogen) atoms. The number of hydrogen-bond donors (Lipinski definition) is 0. The average molecular weight is 299 g/mol. The van der Waals surface area contributed by atoms with E-state index in [0.29, 0.717) is 37.4 Å². The lowest BCUT2D eigenvalue weighted by Gasteiger charge is -2.09. The monoisotopic (exact) mass is 299 g/mol. The zero-order chi connectivity index (χ0) is 15.9. The molecule has 0 spiro atoms. The van der Waals surface area contributed by atoms with Gasteiger partial charge in [-0.25, -0.2) is 0 Å². The number of carbonyl (C=O) groups excluding carboxylic acids is 1. The highest BCUT2D eigenvalue weighted by atomic mass is 16.5. The smallest absolute Gasteiger partial charge is 0.306 e. The van der Waals surface area contributed by atoms with E-state index in [-0.39, 0.29) is 5.97 Å². The molecule has 1 aromatic heterocycles. The molecule has 0 atom stereocenters. The topological polar surface area (TPSA) is 93.7 Å². The van der Waals surface area contributed by atoms with Crippen LogP contribution in [0.5, 0.6) is 0 Å². The van der Waals surface area contributed by atoms with Gasteiger partial charge in [-0.2, -0.15) is 10.1 Å². The van der Waals surface area contributed by atoms with Crippen LogP contribution in [0.3, 0.4) is 0 Å². The molecule has 0 aliphatic heterocycles. The Morgan fingerprint density at radius 3 is 2.86 bits per heavy atom. The van der Waals surface area contributed by atoms with Crippen LogP contribution in [-0.4, -0.2) is 32.8 Å². The molecule has 0 amide bonds. The summed E-state index contributed by atoms with van der Waals surface area (Å²) in [5, 5.41) is 20.9. The zero-order valence-electron chi connectivity index (χ0n) is 12.6. The van der Waals surface area contributed by atoms with Crippen molar-refractivity contribution < 1.29 is 9.53 Å². The van der Waals surface area contributed by atoms with Crippen LogP contribution in [0.4, 0.5) is 0 Å². The maximum Gasteiger partial charge on any atom is 0.306 e. The van der Waals surface area contributed by atoms with E-state index in [1.54, 1.807) is 26.0 Å². The zero-order valence-corrected chi connectivity index (χ0v) is 12.6. The lowest BCUT2D eigenvalue weighted by Crippen LogP contribution is -2.10. The van der Waals surface area contributed by atoms with Crippen LogP contribution in [0.1, 0.15) is 35.9 Å². The molecule has 1 heterocycles. The Labute approximate surface area is 128 Å². The van der Waals surface area contributed by atoms with Crippen molar-refractivity contribution in [3.8, 4) is 6.07 Å². The van der Waals surface area contributed by atoms with Gasteiger partial charge in [-0.3, -0.25) is 4.79 Å². The van der Waals surface area contributed by atoms with Crippen molar-refractivity contribution in [2.75, 3.05) is 6.61 Å². The number of nitrogens with zero attached hydrogens (tertiary/aromatic N) is 5. The molecule has 2 aromatic rings. The lowest BCUT2D eigenvalue weighted by atomic mass is 10.0. The number of nitriles is 1. The minimum atomic E-state index is -0.229. The Morgan fingerprint density at radius 1 is 1.41 bits per heavy atom. The van der Waals surface area contributed by atoms with Crippen molar-refractivity contribution in [1.82, 2.24) is 20.2 Å². The van der Waals surface area contributed by atoms with Gasteiger partial charge in [0.05, 0.1) is 24.8 Å². The first kappa shape index (κ1) is 15.6. The highest BCUT2D eigenvalue weighted by molar-refractivity contribution is 5.69. The molecule has 0 radical (unpaired) electrons. The van der Waals surface area contributed by atoms with Crippen molar-refractivity contribution in [2.24, 2.45) is 0 Å². The number of carbonyl (C=O) groups is 1. The van der Waals surface area contributed by atoms with Gasteiger partial charge in [-0.15, -0.1) is 10.2 Å². The predicted molar refractivity (Wildman–Crippen MR) is 77.8 cm³/mol. The molecule has 0 aliphatic carbocycles. The van der Waals surface area contributed by atoms with Crippen LogP contribution in [0.15, 0.2) is 18.2 Å². The number of rotatable bonds is 6. The van der Waals surface area contributed by atoms with Crippen molar-refractivity contribution in [1.29, 1.82) is 5.26 Å². The molecule has 0 saturated carbocycles. The van der Waals surface area contributed by atoms with Crippen LogP contribution in [0, 0.1) is 18.3 Å². The third-order valence-electron chi connectivity index (χ3n) is 3.10. The molecule has 7 heteroatoms. The number of benzene rings is 1. The molecule has 0 bridgehead atoms. The first-order valence-corrected chi connectivity index (χ1v) is 7.04. The van der Waals surface area contributed by atoms with Gasteiger partial charge >= 0.3 is 5.97 Å². The Balaban J connectivity index is 2.17. The summed E-state index contributed by atoms with van der Waals surface area (Å²) in [6, 6.07) is 7.50. The van der Waals surface area contributed by atoms with E-state index in [2.05, 4.69) is 21.5 Å². The van der Waals surface area contributed by atoms with E-state index in [4.69, 9.17) is 10.00 Å². The number of ether oxygens (including phenoxy) is 1. The van der Waals surface area contributed by atoms with Crippen molar-refractivity contribution in [3.05, 3.63) is 40.7 Å². The molecular formula is C15H17N5O2. The van der Waals surface area contributed by atoms with Gasteiger partial charge in [0.2, 0.25) is 0 Å². The number of aromatic nitrogens is 4. The third-order valence-corrected chi connectivity index (χ3v) is 3.10. The molecule has 0 aliphatic rings. The molecular weight excluding hydrogens is 282 g/mol. The number of hydrogen-bond acceptors (Lipinski definition) is 6. The SMILES string of the molecule is CCOC(=O)CCc1ccc(C#N)cc1Cn1nnc(C)n1. The van der Waals surface area contributed by atoms with Gasteiger partial charge in [0.25, 0.3) is 0 Å². The second-order valence-electron chi connectivity index (χ2n) is 4.77. The van der Waals surface area contributed by atoms with Crippen LogP contribution in [0.25, 0.3) is 0 Å². The number of esters is 1. The average Bonchev–Trinajstić information content (AvgIpc) is 2.91. The minimum Gasteiger partial charge on any atom is -0.466 e. The van der Waals surface area contributed by atoms with Crippen LogP contribution in [-0.2, 0) is 22.5 Å². The molecule has 0 fully saturated rings. The maximum absolute atomic E-state index is 11.5. The summed E-state index contributed by atoms with van der Waals surface area (Å²) in [5.74, 6) is 0.358. The Kier molecular flexibility index (Phi) is 5.20. The quantitative estimate of drug-likeness (QED) is 0.748. The molecule has 114 valence electrons. The Hall–Kier alpha value is -2.75. The third kappa shape index (κ3) is 4.12. The van der Waals surface area contributed by atoms with Gasteiger partial charge in [0.1, 0.15) is 0 Å². The molecule has 2 rings (SSSR count). The molecule has 0 unspecified atom stereocenters. The highest BCUT2D eigenvalue weighted by Crippen LogP contribution is 2.15. The first-order chi connectivity index (χ1) is 10.6. The minimum absolute atomic E-state index is 0.229. The standard InChI is InChI=1S/C15H17N5O2/c1-3-22-15(21)7-6-13-5-4-12(9-16)8-14(13)10-20-18-11(2)17-19-20/h4-5,8H,3,6-7,10H2,1-2H3. The van der Waals surface area contributed by atoms with Crippen LogP contribution >= 0.6 is 0 Å². The number of tetrazole rings is 1. The van der Waals surface area contributed by atoms with Crippen molar-refractivity contribution in [3.63, 3.8) is 0 Å². The Bertz CT molecular complexity index is 702. The summed E-state index contributed by atoms with van der Waals surface area (Å²) in [7, 11) is 0. The summed E-state index contributed by atoms with van der Waals surface area (Å²) < 4.78 is 4.94. The summed E-state index contributed by atoms with van der Waals surface area (Å²) >= 11 is 0. The largest absolute Gasteiger partial charge is 0.466 e. The maximum atomic E-state index is 11.5. The van der Waals surface area contributed by atoms with Gasteiger partial charge in [0.15, 0.2) is 5.82 Å². The predicted octanol–water partition coefficient (Wildman–Crippen LogP) is 1.40. The van der Waals surface area contributed by atoms with E-state index in [9.17, 15) is 4.79 Å². The van der Waals surface area contributed by atoms with E-state index >= 15 is 0 Å². The fourth-order valence-electron chi connectivity index (χ4n) is 2.10. The highest BCUT2D eigenvalue weighted by Gasteiger charge is 2.10. The molecule has 0 saturated heterocycles. The van der Waals surface area contributed by atoms with Crippen molar-refractivity contribution in [2.45, 2.75) is 33.2 Å². The molecule has 0 N–H and O–H groups in total. The Morgan fingerprint density at radius 2 is 2.23 bits per heavy atom. The van der Waals surface area contributed by atoms with Gasteiger partial charge in [0, 0.05) is 6.42 Å². The van der Waals surface area contributed by atoms with E-state index in [0.717, 1.165) is 11.1 Å². The van der Waals surface area contributed by atoms with Crippen LogP contribution in [0.2, 0.25) is 0 Å². The summed E-state index contributed by atoms with van der Waals surface area (Å²) in [4.78, 5) is 13.0. The van der Waals surface area contributed by atoms with Crippen molar-refractivity contribution >= 4 is 5.97 Å². The second-order valence-corrected chi connectivity index (χ2v) is 4.77. The van der Waals surface area contributed by atoms with E-state index in [1.165, 1.54) is 4.80 Å². The normalized spacial score (nSPS) is 10.2. The molecule has 1 aromatic carbocycles.